The molecule has 4 heteroatoms. The molecule has 19 heavy (non-hydrogen) atoms. The minimum atomic E-state index is -0.433. The molecular weight excluding hydrogens is 306 g/mol. The molecule has 1 aromatic carbocycles. The predicted molar refractivity (Wildman–Crippen MR) is 79.3 cm³/mol. The summed E-state index contributed by atoms with van der Waals surface area (Å²) in [5, 5.41) is 2.91. The Kier molecular flexibility index (Phi) is 4.19. The minimum absolute atomic E-state index is 0.235. The topological polar surface area (TPSA) is 38.3 Å². The molecular formula is C15H20BrNO2. The molecule has 0 aromatic heterocycles. The largest absolute Gasteiger partial charge is 0.444 e. The third-order valence-corrected chi connectivity index (χ3v) is 3.67. The first-order valence-corrected chi connectivity index (χ1v) is 7.38. The molecule has 1 N–H and O–H groups in total. The van der Waals surface area contributed by atoms with Gasteiger partial charge in [-0.15, -0.1) is 0 Å². The van der Waals surface area contributed by atoms with Crippen molar-refractivity contribution in [3.05, 3.63) is 34.3 Å². The smallest absolute Gasteiger partial charge is 0.407 e. The molecule has 0 bridgehead atoms. The summed E-state index contributed by atoms with van der Waals surface area (Å²) in [6.07, 6.45) is 1.65. The Balaban J connectivity index is 1.79. The third-order valence-electron chi connectivity index (χ3n) is 3.18. The molecule has 0 saturated heterocycles. The fourth-order valence-corrected chi connectivity index (χ4v) is 2.66. The van der Waals surface area contributed by atoms with Crippen LogP contribution in [-0.2, 0) is 4.74 Å². The van der Waals surface area contributed by atoms with Crippen LogP contribution in [-0.4, -0.2) is 17.7 Å². The van der Waals surface area contributed by atoms with Crippen LogP contribution in [0.2, 0.25) is 0 Å². The molecule has 0 heterocycles. The zero-order valence-electron chi connectivity index (χ0n) is 11.6. The van der Waals surface area contributed by atoms with Gasteiger partial charge >= 0.3 is 6.09 Å². The number of hydrogen-bond donors (Lipinski definition) is 1. The first kappa shape index (κ1) is 14.4. The van der Waals surface area contributed by atoms with Crippen molar-refractivity contribution in [2.45, 2.75) is 51.2 Å². The lowest BCUT2D eigenvalue weighted by Crippen LogP contribution is -2.45. The number of benzene rings is 1. The van der Waals surface area contributed by atoms with Crippen LogP contribution in [0.3, 0.4) is 0 Å². The van der Waals surface area contributed by atoms with E-state index in [9.17, 15) is 4.79 Å². The molecule has 0 spiro atoms. The number of hydrogen-bond acceptors (Lipinski definition) is 2. The molecule has 1 aliphatic carbocycles. The molecule has 0 unspecified atom stereocenters. The summed E-state index contributed by atoms with van der Waals surface area (Å²) in [5.74, 6) is 0.539. The predicted octanol–water partition coefficient (Wildman–Crippen LogP) is 4.22. The van der Waals surface area contributed by atoms with Crippen molar-refractivity contribution in [1.29, 1.82) is 0 Å². The van der Waals surface area contributed by atoms with Gasteiger partial charge in [-0.25, -0.2) is 4.79 Å². The van der Waals surface area contributed by atoms with Gasteiger partial charge in [-0.1, -0.05) is 28.1 Å². The van der Waals surface area contributed by atoms with Gasteiger partial charge in [-0.05, 0) is 57.2 Å². The van der Waals surface area contributed by atoms with E-state index in [1.54, 1.807) is 0 Å². The Bertz CT molecular complexity index is 461. The highest BCUT2D eigenvalue weighted by Gasteiger charge is 2.32. The average molecular weight is 326 g/mol. The van der Waals surface area contributed by atoms with E-state index in [1.807, 2.05) is 32.9 Å². The summed E-state index contributed by atoms with van der Waals surface area (Å²) in [6.45, 7) is 5.62. The van der Waals surface area contributed by atoms with Gasteiger partial charge in [0.15, 0.2) is 0 Å². The lowest BCUT2D eigenvalue weighted by molar-refractivity contribution is 0.0471. The second-order valence-corrected chi connectivity index (χ2v) is 6.98. The van der Waals surface area contributed by atoms with Crippen LogP contribution >= 0.6 is 15.9 Å². The van der Waals surface area contributed by atoms with Crippen molar-refractivity contribution in [3.63, 3.8) is 0 Å². The maximum Gasteiger partial charge on any atom is 0.407 e. The molecule has 1 aromatic rings. The standard InChI is InChI=1S/C15H20BrNO2/c1-15(2,3)19-14(18)17-13-8-11(9-13)10-5-4-6-12(16)7-10/h4-7,11,13H,8-9H2,1-3H3,(H,17,18). The second-order valence-electron chi connectivity index (χ2n) is 6.07. The van der Waals surface area contributed by atoms with Crippen molar-refractivity contribution in [2.75, 3.05) is 0 Å². The van der Waals surface area contributed by atoms with Crippen LogP contribution < -0.4 is 5.32 Å². The number of amides is 1. The van der Waals surface area contributed by atoms with Crippen LogP contribution in [0.1, 0.15) is 45.1 Å². The lowest BCUT2D eigenvalue weighted by atomic mass is 9.76. The van der Waals surface area contributed by atoms with Gasteiger partial charge in [0.2, 0.25) is 0 Å². The van der Waals surface area contributed by atoms with E-state index >= 15 is 0 Å². The number of rotatable bonds is 2. The molecule has 0 aliphatic heterocycles. The van der Waals surface area contributed by atoms with Gasteiger partial charge in [0, 0.05) is 10.5 Å². The maximum absolute atomic E-state index is 11.6. The number of ether oxygens (including phenoxy) is 1. The zero-order valence-corrected chi connectivity index (χ0v) is 13.2. The Morgan fingerprint density at radius 1 is 1.37 bits per heavy atom. The van der Waals surface area contributed by atoms with Crippen LogP contribution in [0.5, 0.6) is 0 Å². The van der Waals surface area contributed by atoms with E-state index in [0.29, 0.717) is 5.92 Å². The molecule has 1 fully saturated rings. The molecule has 3 nitrogen and oxygen atoms in total. The SMILES string of the molecule is CC(C)(C)OC(=O)NC1CC(c2cccc(Br)c2)C1. The summed E-state index contributed by atoms with van der Waals surface area (Å²) in [7, 11) is 0. The number of carbonyl (C=O) groups excluding carboxylic acids is 1. The molecule has 104 valence electrons. The number of carbonyl (C=O) groups is 1. The first-order valence-electron chi connectivity index (χ1n) is 6.58. The van der Waals surface area contributed by atoms with Crippen molar-refractivity contribution in [2.24, 2.45) is 0 Å². The van der Waals surface area contributed by atoms with Gasteiger partial charge in [-0.2, -0.15) is 0 Å². The van der Waals surface area contributed by atoms with Crippen LogP contribution in [0.15, 0.2) is 28.7 Å². The fraction of sp³-hybridized carbons (Fsp3) is 0.533. The lowest BCUT2D eigenvalue weighted by Gasteiger charge is -2.36. The van der Waals surface area contributed by atoms with Crippen LogP contribution in [0.4, 0.5) is 4.79 Å². The van der Waals surface area contributed by atoms with Crippen molar-refractivity contribution >= 4 is 22.0 Å². The number of nitrogens with one attached hydrogen (secondary N) is 1. The summed E-state index contributed by atoms with van der Waals surface area (Å²) in [4.78, 5) is 11.6. The summed E-state index contributed by atoms with van der Waals surface area (Å²) in [5.41, 5.74) is 0.897. The Morgan fingerprint density at radius 2 is 2.05 bits per heavy atom. The van der Waals surface area contributed by atoms with Crippen LogP contribution in [0.25, 0.3) is 0 Å². The number of halogens is 1. The fourth-order valence-electron chi connectivity index (χ4n) is 2.24. The van der Waals surface area contributed by atoms with Crippen molar-refractivity contribution < 1.29 is 9.53 Å². The minimum Gasteiger partial charge on any atom is -0.444 e. The second kappa shape index (κ2) is 5.53. The Hall–Kier alpha value is -1.03. The van der Waals surface area contributed by atoms with Gasteiger partial charge in [0.25, 0.3) is 0 Å². The summed E-state index contributed by atoms with van der Waals surface area (Å²) >= 11 is 3.48. The highest BCUT2D eigenvalue weighted by molar-refractivity contribution is 9.10. The Morgan fingerprint density at radius 3 is 2.63 bits per heavy atom. The van der Waals surface area contributed by atoms with E-state index in [0.717, 1.165) is 17.3 Å². The van der Waals surface area contributed by atoms with E-state index in [1.165, 1.54) is 5.56 Å². The van der Waals surface area contributed by atoms with Gasteiger partial charge in [0.05, 0.1) is 0 Å². The summed E-state index contributed by atoms with van der Waals surface area (Å²) in [6, 6.07) is 8.60. The molecule has 2 rings (SSSR count). The quantitative estimate of drug-likeness (QED) is 0.884. The first-order chi connectivity index (χ1) is 8.83. The monoisotopic (exact) mass is 325 g/mol. The van der Waals surface area contributed by atoms with E-state index < -0.39 is 5.60 Å². The van der Waals surface area contributed by atoms with Gasteiger partial charge in [0.1, 0.15) is 5.60 Å². The Labute approximate surface area is 122 Å². The third kappa shape index (κ3) is 4.23. The highest BCUT2D eigenvalue weighted by atomic mass is 79.9. The highest BCUT2D eigenvalue weighted by Crippen LogP contribution is 2.37. The average Bonchev–Trinajstić information content (AvgIpc) is 2.20. The zero-order chi connectivity index (χ0) is 14.0. The van der Waals surface area contributed by atoms with E-state index in [2.05, 4.69) is 33.4 Å². The van der Waals surface area contributed by atoms with Gasteiger partial charge in [-0.3, -0.25) is 0 Å². The van der Waals surface area contributed by atoms with E-state index in [4.69, 9.17) is 4.74 Å². The normalized spacial score (nSPS) is 22.5. The molecule has 1 aliphatic rings. The van der Waals surface area contributed by atoms with Gasteiger partial charge < -0.3 is 10.1 Å². The van der Waals surface area contributed by atoms with E-state index in [-0.39, 0.29) is 12.1 Å². The molecule has 1 saturated carbocycles. The number of alkyl carbamates (subject to hydrolysis) is 1. The molecule has 1 amide bonds. The van der Waals surface area contributed by atoms with Crippen molar-refractivity contribution in [3.8, 4) is 0 Å². The summed E-state index contributed by atoms with van der Waals surface area (Å²) < 4.78 is 6.35. The molecule has 0 atom stereocenters. The van der Waals surface area contributed by atoms with Crippen molar-refractivity contribution in [1.82, 2.24) is 5.32 Å². The van der Waals surface area contributed by atoms with Crippen LogP contribution in [0, 0.1) is 0 Å². The maximum atomic E-state index is 11.6. The molecule has 0 radical (unpaired) electrons.